The zero-order valence-electron chi connectivity index (χ0n) is 10.8. The first-order valence-corrected chi connectivity index (χ1v) is 6.42. The number of aryl methyl sites for hydroxylation is 2. The second-order valence-electron chi connectivity index (χ2n) is 4.39. The van der Waals surface area contributed by atoms with Gasteiger partial charge in [-0.25, -0.2) is 0 Å². The molecule has 0 spiro atoms. The molecule has 0 heterocycles. The maximum absolute atomic E-state index is 11.4. The van der Waals surface area contributed by atoms with Crippen LogP contribution in [-0.2, 0) is 4.79 Å². The number of hydrogen-bond donors (Lipinski definition) is 1. The van der Waals surface area contributed by atoms with Crippen LogP contribution in [0, 0.1) is 13.8 Å². The molecule has 0 saturated heterocycles. The van der Waals surface area contributed by atoms with Gasteiger partial charge >= 0.3 is 0 Å². The van der Waals surface area contributed by atoms with E-state index >= 15 is 0 Å². The summed E-state index contributed by atoms with van der Waals surface area (Å²) in [4.78, 5) is 13.0. The monoisotopic (exact) mass is 298 g/mol. The summed E-state index contributed by atoms with van der Waals surface area (Å²) in [7, 11) is 3.55. The van der Waals surface area contributed by atoms with Crippen LogP contribution in [0.3, 0.4) is 0 Å². The van der Waals surface area contributed by atoms with E-state index < -0.39 is 0 Å². The molecule has 17 heavy (non-hydrogen) atoms. The maximum Gasteiger partial charge on any atom is 0.223 e. The van der Waals surface area contributed by atoms with Crippen molar-refractivity contribution in [2.75, 3.05) is 26.0 Å². The quantitative estimate of drug-likeness (QED) is 0.927. The Labute approximate surface area is 111 Å². The third kappa shape index (κ3) is 4.04. The Morgan fingerprint density at radius 2 is 1.82 bits per heavy atom. The minimum atomic E-state index is 0.142. The molecule has 0 aliphatic rings. The largest absolute Gasteiger partial charge is 0.385 e. The number of amides is 1. The summed E-state index contributed by atoms with van der Waals surface area (Å²) >= 11 is 3.54. The average molecular weight is 299 g/mol. The summed E-state index contributed by atoms with van der Waals surface area (Å²) in [6.07, 6.45) is 0.515. The molecule has 0 atom stereocenters. The van der Waals surface area contributed by atoms with E-state index in [0.717, 1.165) is 10.2 Å². The molecule has 0 aromatic heterocycles. The lowest BCUT2D eigenvalue weighted by atomic mass is 10.1. The molecule has 0 radical (unpaired) electrons. The van der Waals surface area contributed by atoms with Gasteiger partial charge in [-0.1, -0.05) is 15.9 Å². The highest BCUT2D eigenvalue weighted by Gasteiger charge is 2.05. The van der Waals surface area contributed by atoms with Gasteiger partial charge in [0.2, 0.25) is 5.91 Å². The van der Waals surface area contributed by atoms with E-state index in [0.29, 0.717) is 13.0 Å². The molecule has 0 bridgehead atoms. The molecule has 94 valence electrons. The van der Waals surface area contributed by atoms with Crippen LogP contribution in [0.5, 0.6) is 0 Å². The number of hydrogen-bond acceptors (Lipinski definition) is 2. The van der Waals surface area contributed by atoms with Crippen LogP contribution in [0.25, 0.3) is 0 Å². The lowest BCUT2D eigenvalue weighted by molar-refractivity contribution is -0.128. The predicted molar refractivity (Wildman–Crippen MR) is 75.4 cm³/mol. The van der Waals surface area contributed by atoms with Crippen LogP contribution in [0.15, 0.2) is 16.6 Å². The first-order chi connectivity index (χ1) is 7.91. The van der Waals surface area contributed by atoms with Crippen molar-refractivity contribution >= 4 is 27.5 Å². The van der Waals surface area contributed by atoms with Crippen LogP contribution in [0.1, 0.15) is 17.5 Å². The van der Waals surface area contributed by atoms with Gasteiger partial charge in [0.25, 0.3) is 0 Å². The zero-order valence-corrected chi connectivity index (χ0v) is 12.4. The van der Waals surface area contributed by atoms with Gasteiger partial charge in [-0.3, -0.25) is 4.79 Å². The van der Waals surface area contributed by atoms with Crippen molar-refractivity contribution < 1.29 is 4.79 Å². The molecule has 1 aromatic carbocycles. The molecule has 0 fully saturated rings. The number of carbonyl (C=O) groups excluding carboxylic acids is 1. The molecular weight excluding hydrogens is 280 g/mol. The molecule has 1 rings (SSSR count). The fourth-order valence-corrected chi connectivity index (χ4v) is 1.81. The standard InChI is InChI=1S/C13H19BrN2O/c1-9-7-11(8-10(2)13(9)14)15-6-5-12(17)16(3)4/h7-8,15H,5-6H2,1-4H3. The molecule has 0 saturated carbocycles. The first kappa shape index (κ1) is 14.0. The van der Waals surface area contributed by atoms with Gasteiger partial charge in [0.05, 0.1) is 0 Å². The van der Waals surface area contributed by atoms with Gasteiger partial charge < -0.3 is 10.2 Å². The van der Waals surface area contributed by atoms with Crippen molar-refractivity contribution in [1.29, 1.82) is 0 Å². The van der Waals surface area contributed by atoms with E-state index in [2.05, 4.69) is 47.2 Å². The van der Waals surface area contributed by atoms with E-state index in [1.54, 1.807) is 19.0 Å². The Morgan fingerprint density at radius 3 is 2.29 bits per heavy atom. The third-order valence-electron chi connectivity index (χ3n) is 2.60. The number of benzene rings is 1. The zero-order chi connectivity index (χ0) is 13.0. The number of anilines is 1. The Balaban J connectivity index is 2.56. The summed E-state index contributed by atoms with van der Waals surface area (Å²) < 4.78 is 1.15. The molecule has 1 aromatic rings. The van der Waals surface area contributed by atoms with Crippen molar-refractivity contribution in [3.8, 4) is 0 Å². The second-order valence-corrected chi connectivity index (χ2v) is 5.18. The fourth-order valence-electron chi connectivity index (χ4n) is 1.59. The number of carbonyl (C=O) groups is 1. The SMILES string of the molecule is Cc1cc(NCCC(=O)N(C)C)cc(C)c1Br. The highest BCUT2D eigenvalue weighted by atomic mass is 79.9. The summed E-state index contributed by atoms with van der Waals surface area (Å²) in [6, 6.07) is 4.16. The molecule has 1 amide bonds. The van der Waals surface area contributed by atoms with Crippen molar-refractivity contribution in [2.45, 2.75) is 20.3 Å². The van der Waals surface area contributed by atoms with Gasteiger partial charge in [0, 0.05) is 37.2 Å². The smallest absolute Gasteiger partial charge is 0.223 e. The van der Waals surface area contributed by atoms with Crippen molar-refractivity contribution in [2.24, 2.45) is 0 Å². The van der Waals surface area contributed by atoms with Crippen LogP contribution < -0.4 is 5.32 Å². The van der Waals surface area contributed by atoms with Crippen molar-refractivity contribution in [3.63, 3.8) is 0 Å². The Kier molecular flexibility index (Phi) is 5.00. The Bertz CT molecular complexity index is 393. The molecular formula is C13H19BrN2O. The number of nitrogens with one attached hydrogen (secondary N) is 1. The average Bonchev–Trinajstić information content (AvgIpc) is 2.25. The first-order valence-electron chi connectivity index (χ1n) is 5.62. The highest BCUT2D eigenvalue weighted by Crippen LogP contribution is 2.24. The topological polar surface area (TPSA) is 32.3 Å². The maximum atomic E-state index is 11.4. The molecule has 1 N–H and O–H groups in total. The lowest BCUT2D eigenvalue weighted by Crippen LogP contribution is -2.23. The summed E-state index contributed by atoms with van der Waals surface area (Å²) in [5, 5.41) is 3.27. The van der Waals surface area contributed by atoms with Crippen LogP contribution in [0.4, 0.5) is 5.69 Å². The minimum Gasteiger partial charge on any atom is -0.385 e. The fraction of sp³-hybridized carbons (Fsp3) is 0.462. The second kappa shape index (κ2) is 6.05. The molecule has 0 unspecified atom stereocenters. The van der Waals surface area contributed by atoms with Gasteiger partial charge in [0.1, 0.15) is 0 Å². The van der Waals surface area contributed by atoms with Gasteiger partial charge in [-0.05, 0) is 37.1 Å². The van der Waals surface area contributed by atoms with E-state index in [1.165, 1.54) is 11.1 Å². The van der Waals surface area contributed by atoms with E-state index in [9.17, 15) is 4.79 Å². The summed E-state index contributed by atoms with van der Waals surface area (Å²) in [5.74, 6) is 0.142. The molecule has 0 aliphatic carbocycles. The highest BCUT2D eigenvalue weighted by molar-refractivity contribution is 9.10. The van der Waals surface area contributed by atoms with E-state index in [4.69, 9.17) is 0 Å². The van der Waals surface area contributed by atoms with Crippen LogP contribution in [-0.4, -0.2) is 31.4 Å². The minimum absolute atomic E-state index is 0.142. The third-order valence-corrected chi connectivity index (χ3v) is 3.85. The molecule has 3 nitrogen and oxygen atoms in total. The van der Waals surface area contributed by atoms with Gasteiger partial charge in [0.15, 0.2) is 0 Å². The number of nitrogens with zero attached hydrogens (tertiary/aromatic N) is 1. The van der Waals surface area contributed by atoms with Crippen LogP contribution in [0.2, 0.25) is 0 Å². The van der Waals surface area contributed by atoms with Crippen molar-refractivity contribution in [3.05, 3.63) is 27.7 Å². The summed E-state index contributed by atoms with van der Waals surface area (Å²) in [5.41, 5.74) is 3.47. The van der Waals surface area contributed by atoms with E-state index in [-0.39, 0.29) is 5.91 Å². The van der Waals surface area contributed by atoms with Crippen LogP contribution >= 0.6 is 15.9 Å². The Morgan fingerprint density at radius 1 is 1.29 bits per heavy atom. The molecule has 0 aliphatic heterocycles. The van der Waals surface area contributed by atoms with Gasteiger partial charge in [-0.2, -0.15) is 0 Å². The Hall–Kier alpha value is -1.03. The van der Waals surface area contributed by atoms with Crippen molar-refractivity contribution in [1.82, 2.24) is 4.90 Å². The number of halogens is 1. The van der Waals surface area contributed by atoms with Gasteiger partial charge in [-0.15, -0.1) is 0 Å². The predicted octanol–water partition coefficient (Wildman–Crippen LogP) is 2.96. The number of rotatable bonds is 4. The normalized spacial score (nSPS) is 10.2. The van der Waals surface area contributed by atoms with E-state index in [1.807, 2.05) is 0 Å². The molecule has 4 heteroatoms. The lowest BCUT2D eigenvalue weighted by Gasteiger charge is -2.12. The summed E-state index contributed by atoms with van der Waals surface area (Å²) in [6.45, 7) is 4.79.